The maximum Gasteiger partial charge on any atom is 0.407 e. The van der Waals surface area contributed by atoms with Crippen LogP contribution in [-0.2, 0) is 20.9 Å². The fraction of sp³-hybridized carbons (Fsp3) is 0.333. The Morgan fingerprint density at radius 1 is 1.20 bits per heavy atom. The van der Waals surface area contributed by atoms with Crippen molar-refractivity contribution >= 4 is 11.9 Å². The van der Waals surface area contributed by atoms with Crippen molar-refractivity contribution in [2.75, 3.05) is 20.3 Å². The lowest BCUT2D eigenvalue weighted by atomic mass is 10.2. The molecule has 0 aliphatic carbocycles. The van der Waals surface area contributed by atoms with Crippen LogP contribution in [0.5, 0.6) is 0 Å². The first-order valence-corrected chi connectivity index (χ1v) is 6.13. The third kappa shape index (κ3) is 7.19. The van der Waals surface area contributed by atoms with Crippen LogP contribution >= 0.6 is 0 Å². The maximum absolute atomic E-state index is 11.4. The predicted molar refractivity (Wildman–Crippen MR) is 73.9 cm³/mol. The van der Waals surface area contributed by atoms with Crippen LogP contribution in [-0.4, -0.2) is 32.1 Å². The Hall–Kier alpha value is -2.32. The summed E-state index contributed by atoms with van der Waals surface area (Å²) >= 11 is 0. The highest BCUT2D eigenvalue weighted by Crippen LogP contribution is 2.00. The van der Waals surface area contributed by atoms with E-state index in [9.17, 15) is 9.59 Å². The molecule has 0 fully saturated rings. The van der Waals surface area contributed by atoms with E-state index in [1.165, 1.54) is 7.11 Å². The number of carbonyl (C=O) groups is 2. The lowest BCUT2D eigenvalue weighted by Crippen LogP contribution is -2.29. The molecular weight excluding hydrogens is 258 g/mol. The van der Waals surface area contributed by atoms with Crippen molar-refractivity contribution in [3.8, 4) is 11.8 Å². The van der Waals surface area contributed by atoms with Gasteiger partial charge in [0.1, 0.15) is 13.2 Å². The van der Waals surface area contributed by atoms with Crippen LogP contribution in [0, 0.1) is 11.8 Å². The van der Waals surface area contributed by atoms with Crippen molar-refractivity contribution in [3.05, 3.63) is 35.9 Å². The molecule has 0 aliphatic heterocycles. The summed E-state index contributed by atoms with van der Waals surface area (Å²) in [6.45, 7) is 0.379. The fourth-order valence-electron chi connectivity index (χ4n) is 1.29. The Balaban J connectivity index is 2.17. The molecule has 5 nitrogen and oxygen atoms in total. The van der Waals surface area contributed by atoms with Crippen LogP contribution in [0.1, 0.15) is 12.0 Å². The van der Waals surface area contributed by atoms with Crippen molar-refractivity contribution < 1.29 is 19.1 Å². The molecule has 0 saturated carbocycles. The number of benzene rings is 1. The fourth-order valence-corrected chi connectivity index (χ4v) is 1.29. The summed E-state index contributed by atoms with van der Waals surface area (Å²) in [5.41, 5.74) is 0.888. The molecule has 1 aromatic rings. The van der Waals surface area contributed by atoms with E-state index in [1.807, 2.05) is 30.3 Å². The van der Waals surface area contributed by atoms with Crippen molar-refractivity contribution in [1.82, 2.24) is 5.32 Å². The minimum Gasteiger partial charge on any atom is -0.445 e. The largest absolute Gasteiger partial charge is 0.445 e. The van der Waals surface area contributed by atoms with E-state index >= 15 is 0 Å². The van der Waals surface area contributed by atoms with Gasteiger partial charge in [0.2, 0.25) is 0 Å². The standard InChI is InChI=1S/C15H17NO4/c1-19-10-6-5-9-14(17)11-16-15(18)20-12-13-7-3-2-4-8-13/h2-4,7-8H,9-12H2,1H3,(H,16,18). The van der Waals surface area contributed by atoms with Gasteiger partial charge in [0.05, 0.1) is 13.0 Å². The molecule has 0 saturated heterocycles. The van der Waals surface area contributed by atoms with Crippen LogP contribution in [0.4, 0.5) is 4.79 Å². The summed E-state index contributed by atoms with van der Waals surface area (Å²) in [6, 6.07) is 9.30. The topological polar surface area (TPSA) is 64.6 Å². The van der Waals surface area contributed by atoms with Gasteiger partial charge in [0.15, 0.2) is 5.78 Å². The number of alkyl carbamates (subject to hydrolysis) is 1. The Bertz CT molecular complexity index is 488. The van der Waals surface area contributed by atoms with E-state index in [2.05, 4.69) is 17.2 Å². The van der Waals surface area contributed by atoms with Gasteiger partial charge in [-0.15, -0.1) is 0 Å². The first-order chi connectivity index (χ1) is 9.72. The zero-order valence-corrected chi connectivity index (χ0v) is 11.3. The average molecular weight is 275 g/mol. The van der Waals surface area contributed by atoms with Crippen molar-refractivity contribution in [1.29, 1.82) is 0 Å². The van der Waals surface area contributed by atoms with E-state index < -0.39 is 6.09 Å². The molecule has 0 spiro atoms. The van der Waals surface area contributed by atoms with Crippen molar-refractivity contribution in [2.24, 2.45) is 0 Å². The molecule has 0 atom stereocenters. The van der Waals surface area contributed by atoms with Crippen molar-refractivity contribution in [2.45, 2.75) is 13.0 Å². The van der Waals surface area contributed by atoms with Gasteiger partial charge in [-0.3, -0.25) is 4.79 Å². The predicted octanol–water partition coefficient (Wildman–Crippen LogP) is 1.52. The van der Waals surface area contributed by atoms with Gasteiger partial charge in [-0.25, -0.2) is 4.79 Å². The van der Waals surface area contributed by atoms with Crippen molar-refractivity contribution in [3.63, 3.8) is 0 Å². The molecule has 0 unspecified atom stereocenters. The van der Waals surface area contributed by atoms with Crippen LogP contribution in [0.15, 0.2) is 30.3 Å². The van der Waals surface area contributed by atoms with Gasteiger partial charge in [-0.2, -0.15) is 0 Å². The van der Waals surface area contributed by atoms with Gasteiger partial charge in [-0.1, -0.05) is 42.2 Å². The van der Waals surface area contributed by atoms with Gasteiger partial charge in [0.25, 0.3) is 0 Å². The summed E-state index contributed by atoms with van der Waals surface area (Å²) in [5.74, 6) is 5.14. The van der Waals surface area contributed by atoms with E-state index in [1.54, 1.807) is 0 Å². The minimum absolute atomic E-state index is 0.0856. The minimum atomic E-state index is -0.618. The highest BCUT2D eigenvalue weighted by atomic mass is 16.5. The number of hydrogen-bond donors (Lipinski definition) is 1. The molecule has 1 amide bonds. The van der Waals surface area contributed by atoms with E-state index in [0.717, 1.165) is 5.56 Å². The third-order valence-electron chi connectivity index (χ3n) is 2.27. The van der Waals surface area contributed by atoms with Crippen LogP contribution in [0.3, 0.4) is 0 Å². The lowest BCUT2D eigenvalue weighted by Gasteiger charge is -2.05. The molecule has 0 aromatic heterocycles. The zero-order chi connectivity index (χ0) is 14.6. The third-order valence-corrected chi connectivity index (χ3v) is 2.27. The molecule has 1 rings (SSSR count). The number of Topliss-reactive ketones (excluding diaryl/α,β-unsaturated/α-hetero) is 1. The van der Waals surface area contributed by atoms with E-state index in [0.29, 0.717) is 6.61 Å². The number of carbonyl (C=O) groups excluding carboxylic acids is 2. The Kier molecular flexibility index (Phi) is 7.55. The summed E-state index contributed by atoms with van der Waals surface area (Å²) in [7, 11) is 1.53. The van der Waals surface area contributed by atoms with Gasteiger partial charge in [-0.05, 0) is 5.56 Å². The van der Waals surface area contributed by atoms with E-state index in [4.69, 9.17) is 9.47 Å². The summed E-state index contributed by atoms with van der Waals surface area (Å²) in [5, 5.41) is 2.38. The quantitative estimate of drug-likeness (QED) is 0.799. The Morgan fingerprint density at radius 2 is 1.95 bits per heavy atom. The highest BCUT2D eigenvalue weighted by molar-refractivity contribution is 5.85. The molecular formula is C15H17NO4. The molecule has 0 radical (unpaired) electrons. The second-order valence-electron chi connectivity index (χ2n) is 3.92. The molecule has 0 aliphatic rings. The summed E-state index contributed by atoms with van der Waals surface area (Å²) in [6.07, 6.45) is -0.533. The molecule has 20 heavy (non-hydrogen) atoms. The Morgan fingerprint density at radius 3 is 2.65 bits per heavy atom. The number of rotatable bonds is 6. The second-order valence-corrected chi connectivity index (χ2v) is 3.92. The number of nitrogens with one attached hydrogen (secondary N) is 1. The van der Waals surface area contributed by atoms with E-state index in [-0.39, 0.29) is 25.4 Å². The number of ether oxygens (including phenoxy) is 2. The second kappa shape index (κ2) is 9.59. The monoisotopic (exact) mass is 275 g/mol. The highest BCUT2D eigenvalue weighted by Gasteiger charge is 2.05. The first-order valence-electron chi connectivity index (χ1n) is 6.13. The summed E-state index contributed by atoms with van der Waals surface area (Å²) in [4.78, 5) is 22.7. The smallest absolute Gasteiger partial charge is 0.407 e. The number of methoxy groups -OCH3 is 1. The normalized spacial score (nSPS) is 9.25. The van der Waals surface area contributed by atoms with Gasteiger partial charge >= 0.3 is 6.09 Å². The number of ketones is 1. The Labute approximate surface area is 118 Å². The summed E-state index contributed by atoms with van der Waals surface area (Å²) < 4.78 is 9.68. The van der Waals surface area contributed by atoms with Gasteiger partial charge in [0, 0.05) is 7.11 Å². The number of hydrogen-bond acceptors (Lipinski definition) is 4. The molecule has 0 heterocycles. The molecule has 0 bridgehead atoms. The molecule has 1 aromatic carbocycles. The van der Waals surface area contributed by atoms with Crippen LogP contribution < -0.4 is 5.32 Å². The zero-order valence-electron chi connectivity index (χ0n) is 11.3. The van der Waals surface area contributed by atoms with Crippen LogP contribution in [0.25, 0.3) is 0 Å². The first kappa shape index (κ1) is 15.7. The molecule has 1 N–H and O–H groups in total. The average Bonchev–Trinajstić information content (AvgIpc) is 2.48. The van der Waals surface area contributed by atoms with Crippen LogP contribution in [0.2, 0.25) is 0 Å². The molecule has 106 valence electrons. The lowest BCUT2D eigenvalue weighted by molar-refractivity contribution is -0.117. The number of amides is 1. The SMILES string of the molecule is COCC#CCC(=O)CNC(=O)OCc1ccccc1. The maximum atomic E-state index is 11.4. The van der Waals surface area contributed by atoms with Gasteiger partial charge < -0.3 is 14.8 Å². The molecule has 5 heteroatoms.